The zero-order chi connectivity index (χ0) is 19.1. The molecule has 0 unspecified atom stereocenters. The summed E-state index contributed by atoms with van der Waals surface area (Å²) in [5.74, 6) is 0.591. The predicted molar refractivity (Wildman–Crippen MR) is 119 cm³/mol. The van der Waals surface area contributed by atoms with Gasteiger partial charge >= 0.3 is 0 Å². The highest BCUT2D eigenvalue weighted by atomic mass is 35.5. The van der Waals surface area contributed by atoms with Gasteiger partial charge in [0.15, 0.2) is 0 Å². The largest absolute Gasteiger partial charge is 0.339 e. The number of rotatable bonds is 7. The van der Waals surface area contributed by atoms with Crippen molar-refractivity contribution < 1.29 is 9.59 Å². The molecule has 1 fully saturated rings. The van der Waals surface area contributed by atoms with Crippen LogP contribution in [-0.2, 0) is 11.3 Å². The molecule has 1 aliphatic heterocycles. The number of halogens is 2. The molecule has 9 heteroatoms. The van der Waals surface area contributed by atoms with E-state index in [4.69, 9.17) is 0 Å². The minimum atomic E-state index is -0.0822. The molecular weight excluding hydrogens is 413 g/mol. The minimum Gasteiger partial charge on any atom is -0.339 e. The molecular formula is C20H29Cl2N5O2. The van der Waals surface area contributed by atoms with Crippen LogP contribution in [0.4, 0.5) is 5.69 Å². The number of piperidine rings is 1. The number of hydrogen-bond acceptors (Lipinski definition) is 4. The lowest BCUT2D eigenvalue weighted by Crippen LogP contribution is -2.40. The highest BCUT2D eigenvalue weighted by Crippen LogP contribution is 2.20. The highest BCUT2D eigenvalue weighted by Gasteiger charge is 2.23. The predicted octanol–water partition coefficient (Wildman–Crippen LogP) is 2.83. The van der Waals surface area contributed by atoms with Gasteiger partial charge in [-0.1, -0.05) is 6.07 Å². The third-order valence-corrected chi connectivity index (χ3v) is 4.94. The van der Waals surface area contributed by atoms with E-state index in [1.54, 1.807) is 18.6 Å². The van der Waals surface area contributed by atoms with Gasteiger partial charge in [0.1, 0.15) is 0 Å². The second-order valence-electron chi connectivity index (χ2n) is 6.97. The topological polar surface area (TPSA) is 79.3 Å². The maximum absolute atomic E-state index is 12.8. The summed E-state index contributed by atoms with van der Waals surface area (Å²) in [7, 11) is 1.97. The summed E-state index contributed by atoms with van der Waals surface area (Å²) in [5.41, 5.74) is 1.27. The molecule has 29 heavy (non-hydrogen) atoms. The van der Waals surface area contributed by atoms with E-state index in [1.807, 2.05) is 40.9 Å². The smallest absolute Gasteiger partial charge is 0.253 e. The van der Waals surface area contributed by atoms with Crippen molar-refractivity contribution in [3.63, 3.8) is 0 Å². The number of aryl methyl sites for hydroxylation is 1. The Kier molecular flexibility index (Phi) is 10.7. The molecule has 1 aromatic heterocycles. The molecule has 0 atom stereocenters. The molecule has 0 aliphatic carbocycles. The number of carbonyl (C=O) groups excluding carboxylic acids is 2. The van der Waals surface area contributed by atoms with Gasteiger partial charge in [0.2, 0.25) is 5.91 Å². The van der Waals surface area contributed by atoms with Crippen molar-refractivity contribution in [1.82, 2.24) is 19.8 Å². The van der Waals surface area contributed by atoms with Gasteiger partial charge in [0.25, 0.3) is 5.91 Å². The van der Waals surface area contributed by atoms with Gasteiger partial charge in [0.05, 0.1) is 6.33 Å². The lowest BCUT2D eigenvalue weighted by Gasteiger charge is -2.32. The molecule has 160 valence electrons. The third-order valence-electron chi connectivity index (χ3n) is 4.94. The fraction of sp³-hybridized carbons (Fsp3) is 0.450. The van der Waals surface area contributed by atoms with Crippen molar-refractivity contribution in [2.75, 3.05) is 32.0 Å². The summed E-state index contributed by atoms with van der Waals surface area (Å²) in [4.78, 5) is 30.8. The third kappa shape index (κ3) is 7.34. The van der Waals surface area contributed by atoms with E-state index in [9.17, 15) is 9.59 Å². The first-order valence-corrected chi connectivity index (χ1v) is 9.45. The SMILES string of the molecule is CNCC1CCN(C(=O)c2cccc(NC(=O)CCn3ccnc3)c2)CC1.Cl.Cl. The van der Waals surface area contributed by atoms with Gasteiger partial charge in [-0.05, 0) is 50.6 Å². The number of nitrogens with zero attached hydrogens (tertiary/aromatic N) is 3. The van der Waals surface area contributed by atoms with Crippen LogP contribution < -0.4 is 10.6 Å². The minimum absolute atomic E-state index is 0. The number of hydrogen-bond donors (Lipinski definition) is 2. The van der Waals surface area contributed by atoms with Crippen molar-refractivity contribution in [3.8, 4) is 0 Å². The Labute approximate surface area is 184 Å². The number of anilines is 1. The number of nitrogens with one attached hydrogen (secondary N) is 2. The number of aromatic nitrogens is 2. The molecule has 1 aromatic carbocycles. The molecule has 2 heterocycles. The maximum Gasteiger partial charge on any atom is 0.253 e. The summed E-state index contributed by atoms with van der Waals surface area (Å²) in [6, 6.07) is 7.19. The standard InChI is InChI=1S/C20H27N5O2.2ClH/c1-21-14-16-5-10-25(11-6-16)20(27)17-3-2-4-18(13-17)23-19(26)7-9-24-12-8-22-15-24;;/h2-4,8,12-13,15-16,21H,5-7,9-11,14H2,1H3,(H,23,26);2*1H. The van der Waals surface area contributed by atoms with Gasteiger partial charge in [-0.15, -0.1) is 24.8 Å². The van der Waals surface area contributed by atoms with Gasteiger partial charge in [-0.2, -0.15) is 0 Å². The molecule has 3 rings (SSSR count). The summed E-state index contributed by atoms with van der Waals surface area (Å²) >= 11 is 0. The van der Waals surface area contributed by atoms with E-state index in [1.165, 1.54) is 0 Å². The van der Waals surface area contributed by atoms with Crippen LogP contribution in [0.2, 0.25) is 0 Å². The molecule has 7 nitrogen and oxygen atoms in total. The molecule has 0 radical (unpaired) electrons. The van der Waals surface area contributed by atoms with E-state index in [0.29, 0.717) is 30.1 Å². The Morgan fingerprint density at radius 2 is 1.97 bits per heavy atom. The van der Waals surface area contributed by atoms with E-state index >= 15 is 0 Å². The number of imidazole rings is 1. The molecule has 1 saturated heterocycles. The first kappa shape index (κ1) is 24.9. The number of amides is 2. The summed E-state index contributed by atoms with van der Waals surface area (Å²) in [5, 5.41) is 6.08. The fourth-order valence-electron chi connectivity index (χ4n) is 3.41. The van der Waals surface area contributed by atoms with Crippen LogP contribution in [0.3, 0.4) is 0 Å². The Morgan fingerprint density at radius 3 is 2.62 bits per heavy atom. The van der Waals surface area contributed by atoms with Crippen LogP contribution in [0.1, 0.15) is 29.6 Å². The molecule has 0 spiro atoms. The van der Waals surface area contributed by atoms with E-state index < -0.39 is 0 Å². The first-order chi connectivity index (χ1) is 13.2. The highest BCUT2D eigenvalue weighted by molar-refractivity contribution is 5.97. The molecule has 0 saturated carbocycles. The van der Waals surface area contributed by atoms with Crippen LogP contribution in [0.5, 0.6) is 0 Å². The lowest BCUT2D eigenvalue weighted by atomic mass is 9.96. The Balaban J connectivity index is 0.00000210. The maximum atomic E-state index is 12.8. The quantitative estimate of drug-likeness (QED) is 0.691. The van der Waals surface area contributed by atoms with Gasteiger partial charge < -0.3 is 20.1 Å². The van der Waals surface area contributed by atoms with E-state index in [0.717, 1.165) is 32.5 Å². The van der Waals surface area contributed by atoms with Gasteiger partial charge in [-0.3, -0.25) is 9.59 Å². The summed E-state index contributed by atoms with van der Waals surface area (Å²) < 4.78 is 1.86. The number of likely N-dealkylation sites (tertiary alicyclic amines) is 1. The zero-order valence-corrected chi connectivity index (χ0v) is 18.2. The second-order valence-corrected chi connectivity index (χ2v) is 6.97. The summed E-state index contributed by atoms with van der Waals surface area (Å²) in [6.45, 7) is 3.15. The Hall–Kier alpha value is -2.09. The van der Waals surface area contributed by atoms with Crippen LogP contribution >= 0.6 is 24.8 Å². The number of carbonyl (C=O) groups is 2. The Bertz CT molecular complexity index is 762. The van der Waals surface area contributed by atoms with Gasteiger partial charge in [-0.25, -0.2) is 4.98 Å². The van der Waals surface area contributed by atoms with Crippen LogP contribution in [0.15, 0.2) is 43.0 Å². The monoisotopic (exact) mass is 441 g/mol. The molecule has 0 bridgehead atoms. The molecule has 2 aromatic rings. The average molecular weight is 442 g/mol. The average Bonchev–Trinajstić information content (AvgIpc) is 3.21. The van der Waals surface area contributed by atoms with Crippen molar-refractivity contribution >= 4 is 42.3 Å². The van der Waals surface area contributed by atoms with Crippen molar-refractivity contribution in [3.05, 3.63) is 48.5 Å². The summed E-state index contributed by atoms with van der Waals surface area (Å²) in [6.07, 6.45) is 7.61. The zero-order valence-electron chi connectivity index (χ0n) is 16.5. The molecule has 2 amide bonds. The van der Waals surface area contributed by atoms with Crippen molar-refractivity contribution in [2.45, 2.75) is 25.8 Å². The molecule has 1 aliphatic rings. The van der Waals surface area contributed by atoms with Crippen molar-refractivity contribution in [1.29, 1.82) is 0 Å². The van der Waals surface area contributed by atoms with Crippen LogP contribution in [-0.4, -0.2) is 52.9 Å². The normalized spacial score (nSPS) is 13.9. The van der Waals surface area contributed by atoms with Gasteiger partial charge in [0, 0.05) is 49.7 Å². The second kappa shape index (κ2) is 12.5. The number of benzene rings is 1. The Morgan fingerprint density at radius 1 is 1.21 bits per heavy atom. The lowest BCUT2D eigenvalue weighted by molar-refractivity contribution is -0.116. The fourth-order valence-corrected chi connectivity index (χ4v) is 3.41. The first-order valence-electron chi connectivity index (χ1n) is 9.45. The van der Waals surface area contributed by atoms with Crippen LogP contribution in [0.25, 0.3) is 0 Å². The van der Waals surface area contributed by atoms with Crippen molar-refractivity contribution in [2.24, 2.45) is 5.92 Å². The van der Waals surface area contributed by atoms with E-state index in [-0.39, 0.29) is 36.6 Å². The molecule has 2 N–H and O–H groups in total. The van der Waals surface area contributed by atoms with E-state index in [2.05, 4.69) is 15.6 Å². The van der Waals surface area contributed by atoms with Crippen LogP contribution in [0, 0.1) is 5.92 Å².